The van der Waals surface area contributed by atoms with Gasteiger partial charge in [-0.05, 0) is 167 Å². The maximum Gasteiger partial charge on any atom is 0.322 e. The molecule has 1 aliphatic carbocycles. The lowest BCUT2D eigenvalue weighted by Gasteiger charge is -2.28. The zero-order valence-corrected chi connectivity index (χ0v) is 81.0. The highest BCUT2D eigenvalue weighted by molar-refractivity contribution is 7.92. The smallest absolute Gasteiger partial charge is 0.322 e. The van der Waals surface area contributed by atoms with Gasteiger partial charge in [0.2, 0.25) is 21.8 Å². The molecule has 27 rings (SSSR count). The molecule has 0 radical (unpaired) electrons. The number of H-pyrrole nitrogens is 8. The Kier molecular flexibility index (Phi) is 24.8. The maximum absolute atomic E-state index is 12.9. The summed E-state index contributed by atoms with van der Waals surface area (Å²) in [6.07, 6.45) is 32.1. The number of para-hydroxylation sites is 4. The van der Waals surface area contributed by atoms with Crippen molar-refractivity contribution in [1.82, 2.24) is 150 Å². The van der Waals surface area contributed by atoms with Crippen molar-refractivity contribution in [2.45, 2.75) is 25.7 Å². The van der Waals surface area contributed by atoms with Gasteiger partial charge in [0.25, 0.3) is 0 Å². The fourth-order valence-corrected chi connectivity index (χ4v) is 18.9. The third-order valence-electron chi connectivity index (χ3n) is 26.1. The molecule has 41 heteroatoms. The highest BCUT2D eigenvalue weighted by atomic mass is 32.2. The van der Waals surface area contributed by atoms with E-state index < -0.39 is 10.0 Å². The second kappa shape index (κ2) is 40.1. The van der Waals surface area contributed by atoms with Gasteiger partial charge in [-0.25, -0.2) is 53.1 Å². The van der Waals surface area contributed by atoms with Crippen LogP contribution in [0.5, 0.6) is 0 Å². The minimum atomic E-state index is -3.42. The van der Waals surface area contributed by atoms with Crippen LogP contribution in [-0.4, -0.2) is 229 Å². The highest BCUT2D eigenvalue weighted by Gasteiger charge is 2.31. The average molecular weight is 2000 g/mol. The zero-order valence-electron chi connectivity index (χ0n) is 80.1. The van der Waals surface area contributed by atoms with Crippen LogP contribution in [0.15, 0.2) is 293 Å². The fourth-order valence-electron chi connectivity index (χ4n) is 18.4. The largest absolute Gasteiger partial charge is 0.378 e. The van der Waals surface area contributed by atoms with E-state index in [9.17, 15) is 22.8 Å². The number of hydrogen-bond acceptors (Lipinski definition) is 27. The molecule has 2 saturated heterocycles. The number of aromatic amines is 8. The lowest BCUT2D eigenvalue weighted by atomic mass is 9.96. The molecule has 3 fully saturated rings. The van der Waals surface area contributed by atoms with Gasteiger partial charge in [-0.1, -0.05) is 72.8 Å². The van der Waals surface area contributed by atoms with Crippen molar-refractivity contribution in [2.24, 2.45) is 11.8 Å². The van der Waals surface area contributed by atoms with Crippen LogP contribution in [-0.2, 0) is 24.3 Å². The molecule has 22 heterocycles. The summed E-state index contributed by atoms with van der Waals surface area (Å²) in [6, 6.07) is 62.4. The molecule has 0 atom stereocenters. The monoisotopic (exact) mass is 2000 g/mol. The number of rotatable bonds is 19. The van der Waals surface area contributed by atoms with E-state index in [4.69, 9.17) is 24.7 Å². The number of ether oxygens (including phenoxy) is 1. The van der Waals surface area contributed by atoms with E-state index in [2.05, 4.69) is 153 Å². The second-order valence-corrected chi connectivity index (χ2v) is 38.1. The molecule has 3 aliphatic rings. The Bertz CT molecular complexity index is 9340. The molecule has 40 nitrogen and oxygen atoms in total. The number of aromatic nitrogens is 28. The van der Waals surface area contributed by atoms with Crippen LogP contribution >= 0.6 is 0 Å². The van der Waals surface area contributed by atoms with Crippen LogP contribution in [0.2, 0.25) is 0 Å². The van der Waals surface area contributed by atoms with E-state index in [0.717, 1.165) is 212 Å². The minimum absolute atomic E-state index is 0.0216. The van der Waals surface area contributed by atoms with E-state index >= 15 is 0 Å². The molecule has 0 bridgehead atoms. The summed E-state index contributed by atoms with van der Waals surface area (Å²) < 4.78 is 31.0. The van der Waals surface area contributed by atoms with Crippen LogP contribution in [0.1, 0.15) is 25.7 Å². The van der Waals surface area contributed by atoms with Gasteiger partial charge < -0.3 is 50.4 Å². The summed E-state index contributed by atoms with van der Waals surface area (Å²) in [6.45, 7) is 4.08. The number of morpholine rings is 1. The Hall–Kier alpha value is -19.7. The number of carbonyl (C=O) groups excluding carboxylic acids is 3. The van der Waals surface area contributed by atoms with Gasteiger partial charge in [-0.15, -0.1) is 0 Å². The predicted molar refractivity (Wildman–Crippen MR) is 572 cm³/mol. The Morgan fingerprint density at radius 3 is 0.940 bits per heavy atom. The van der Waals surface area contributed by atoms with Crippen molar-refractivity contribution < 1.29 is 27.5 Å². The Balaban J connectivity index is 0.000000107. The van der Waals surface area contributed by atoms with Crippen molar-refractivity contribution in [2.75, 3.05) is 73.4 Å². The molecular formula is C109H88N34O6S. The van der Waals surface area contributed by atoms with Gasteiger partial charge in [0, 0.05) is 166 Å². The molecule has 0 unspecified atom stereocenters. The molecule has 24 aromatic rings. The highest BCUT2D eigenvalue weighted by Crippen LogP contribution is 2.41. The van der Waals surface area contributed by atoms with Crippen molar-refractivity contribution >= 4 is 139 Å². The fraction of sp³-hybridized carbons (Fsp3) is 0.128. The second-order valence-electron chi connectivity index (χ2n) is 36.4. The molecule has 4 aromatic carbocycles. The summed E-state index contributed by atoms with van der Waals surface area (Å²) in [5.74, 6) is 2.85. The van der Waals surface area contributed by atoms with Gasteiger partial charge in [0.1, 0.15) is 22.8 Å². The molecule has 0 spiro atoms. The predicted octanol–water partition coefficient (Wildman–Crippen LogP) is 18.4. The summed E-state index contributed by atoms with van der Waals surface area (Å²) >= 11 is 0. The number of piperidine rings is 1. The number of carbonyl (C=O) groups is 3. The number of hydrogen-bond donors (Lipinski definition) is 12. The number of sulfonamides is 1. The van der Waals surface area contributed by atoms with Crippen LogP contribution in [0.4, 0.5) is 27.5 Å². The normalized spacial score (nSPS) is 13.4. The standard InChI is InChI=1S/C30H27N9O.C28H23N9O2.C27H20N8O.C24H18N8O2S/c1-39-11-8-18(9-12-39)30(40)34-21-13-19(15-31-17-21)20-14-23-27(37-38-28(23)33-16-20)29-35-25-7-4-5-22(26(25)36-29)24-6-2-3-10-32-24;38-28(37-8-10-39-11-9-37)32-19-12-17(14-29-16-19)18-13-21-25(35-36-26(21)31-15-18)27-33-23-6-3-4-20(24(23)34-27)22-5-1-2-7-30-22;36-27(15-7-8-15)31-18-10-16(12-28-14-18)17-11-20-24(34-35-25(20)30-13-17)26-32-22-6-3-4-19(23(22)33-26)21-5-1-2-9-29-21;1-35(33,34)32-16-9-14(11-25-13-16)15-10-18-22(30-31-23(18)27-12-15)24-28-20-7-4-5-17(21(20)29-24)19-6-2-3-8-26-19/h2-7,10,13-18H,8-9,11-12H2,1H3,(H,34,40)(H,35,36)(H,33,37,38);1-7,12-16H,8-11H2,(H,32,38)(H,33,34)(H,31,35,36);1-6,9-15H,7-8H2,(H,31,36)(H,32,33)(H,30,34,35);2-13,32H,1H3,(H,28,29)(H,27,30,31). The lowest BCUT2D eigenvalue weighted by molar-refractivity contribution is -0.121. The third-order valence-corrected chi connectivity index (χ3v) is 26.7. The van der Waals surface area contributed by atoms with Crippen LogP contribution in [0.3, 0.4) is 0 Å². The number of nitrogens with zero attached hydrogens (tertiary/aromatic N) is 22. The first-order valence-electron chi connectivity index (χ1n) is 48.2. The summed E-state index contributed by atoms with van der Waals surface area (Å²) in [5.41, 5.74) is 28.1. The van der Waals surface area contributed by atoms with Gasteiger partial charge in [0.15, 0.2) is 45.9 Å². The number of anilines is 4. The molecule has 2 aliphatic heterocycles. The van der Waals surface area contributed by atoms with Gasteiger partial charge in [-0.2, -0.15) is 20.4 Å². The minimum Gasteiger partial charge on any atom is -0.378 e. The van der Waals surface area contributed by atoms with Crippen molar-refractivity contribution in [3.05, 3.63) is 293 Å². The van der Waals surface area contributed by atoms with Crippen LogP contribution in [0.25, 0.3) is 224 Å². The van der Waals surface area contributed by atoms with Crippen LogP contribution in [0, 0.1) is 11.8 Å². The van der Waals surface area contributed by atoms with Crippen molar-refractivity contribution in [3.8, 4) is 136 Å². The van der Waals surface area contributed by atoms with E-state index in [-0.39, 0.29) is 29.7 Å². The van der Waals surface area contributed by atoms with E-state index in [1.165, 1.54) is 6.20 Å². The average Bonchev–Trinajstić information content (AvgIpc) is 1.62. The Morgan fingerprint density at radius 2 is 0.633 bits per heavy atom. The number of pyridine rings is 12. The quantitative estimate of drug-likeness (QED) is 0.0358. The van der Waals surface area contributed by atoms with Crippen LogP contribution < -0.4 is 20.7 Å². The summed E-state index contributed by atoms with van der Waals surface area (Å²) in [5, 5.41) is 42.0. The van der Waals surface area contributed by atoms with E-state index in [1.54, 1.807) is 104 Å². The first-order chi connectivity index (χ1) is 73.5. The van der Waals surface area contributed by atoms with Crippen molar-refractivity contribution in [3.63, 3.8) is 0 Å². The SMILES string of the molecule is CN1CCC(C(=O)Nc2cncc(-c3cnc4n[nH]c(-c5nc6c(-c7ccccn7)cccc6[nH]5)c4c3)c2)CC1.CS(=O)(=O)Nc1cncc(-c2cnc3n[nH]c(-c4nc5c(-c6ccccn6)cccc5[nH]4)c3c2)c1.O=C(Nc1cncc(-c2cnc3n[nH]c(-c4nc5c(-c6ccccn6)cccc5[nH]4)c3c2)c1)C1CC1.O=C(Nc1cncc(-c2cnc3n[nH]c(-c4nc5c(-c6ccccn6)cccc5[nH]4)c3c2)c1)N1CCOCC1. The number of likely N-dealkylation sites (tertiary alicyclic amines) is 1. The van der Waals surface area contributed by atoms with Crippen molar-refractivity contribution in [1.29, 1.82) is 0 Å². The first-order valence-corrected chi connectivity index (χ1v) is 50.1. The molecular weight excluding hydrogens is 1910 g/mol. The molecule has 736 valence electrons. The number of urea groups is 1. The summed E-state index contributed by atoms with van der Waals surface area (Å²) in [4.78, 5) is 128. The summed E-state index contributed by atoms with van der Waals surface area (Å²) in [7, 11) is -1.33. The molecule has 20 aromatic heterocycles. The van der Waals surface area contributed by atoms with Gasteiger partial charge in [-0.3, -0.25) is 74.6 Å². The zero-order chi connectivity index (χ0) is 101. The number of fused-ring (bicyclic) bond motifs is 8. The molecule has 4 amide bonds. The lowest BCUT2D eigenvalue weighted by Crippen LogP contribution is -2.43. The maximum atomic E-state index is 12.9. The number of nitrogens with one attached hydrogen (secondary N) is 12. The third kappa shape index (κ3) is 19.5. The van der Waals surface area contributed by atoms with E-state index in [1.807, 2.05) is 188 Å². The number of imidazole rings is 4. The molecule has 1 saturated carbocycles. The molecule has 12 N–H and O–H groups in total. The Labute approximate surface area is 851 Å². The number of benzene rings is 4. The Morgan fingerprint density at radius 1 is 0.333 bits per heavy atom. The van der Waals surface area contributed by atoms with E-state index in [0.29, 0.717) is 106 Å². The van der Waals surface area contributed by atoms with Gasteiger partial charge >= 0.3 is 6.03 Å². The topological polar surface area (TPSA) is 533 Å². The van der Waals surface area contributed by atoms with Gasteiger partial charge in [0.05, 0.1) is 155 Å². The molecule has 150 heavy (non-hydrogen) atoms. The first kappa shape index (κ1) is 92.7. The number of amides is 4.